The zero-order valence-corrected chi connectivity index (χ0v) is 9.91. The molecule has 0 aliphatic carbocycles. The number of nitrogens with zero attached hydrogens (tertiary/aromatic N) is 1. The van der Waals surface area contributed by atoms with Gasteiger partial charge in [-0.25, -0.2) is 0 Å². The molecule has 0 heterocycles. The summed E-state index contributed by atoms with van der Waals surface area (Å²) >= 11 is 0. The molecule has 0 atom stereocenters. The zero-order chi connectivity index (χ0) is 12.6. The van der Waals surface area contributed by atoms with Crippen LogP contribution in [0.4, 0.5) is 5.69 Å². The molecule has 0 unspecified atom stereocenters. The predicted octanol–water partition coefficient (Wildman–Crippen LogP) is 3.45. The quantitative estimate of drug-likeness (QED) is 0.587. The van der Waals surface area contributed by atoms with E-state index >= 15 is 0 Å². The highest BCUT2D eigenvalue weighted by molar-refractivity contribution is 5.82. The summed E-state index contributed by atoms with van der Waals surface area (Å²) in [5.41, 5.74) is 1.82. The van der Waals surface area contributed by atoms with Gasteiger partial charge in [0.15, 0.2) is 0 Å². The van der Waals surface area contributed by atoms with Gasteiger partial charge in [0.05, 0.1) is 0 Å². The first-order chi connectivity index (χ1) is 8.90. The summed E-state index contributed by atoms with van der Waals surface area (Å²) in [6.45, 7) is 0.248. The third-order valence-corrected chi connectivity index (χ3v) is 2.33. The van der Waals surface area contributed by atoms with Crippen LogP contribution in [-0.2, 0) is 0 Å². The van der Waals surface area contributed by atoms with Crippen molar-refractivity contribution in [1.29, 1.82) is 0 Å². The maximum Gasteiger partial charge on any atom is 0.148 e. The second kappa shape index (κ2) is 6.27. The van der Waals surface area contributed by atoms with Gasteiger partial charge in [-0.1, -0.05) is 48.4 Å². The summed E-state index contributed by atoms with van der Waals surface area (Å²) < 4.78 is 5.42. The fourth-order valence-electron chi connectivity index (χ4n) is 1.49. The molecule has 2 heteroatoms. The molecule has 0 N–H and O–H groups in total. The van der Waals surface area contributed by atoms with Crippen molar-refractivity contribution in [1.82, 2.24) is 0 Å². The average molecular weight is 235 g/mol. The molecule has 0 saturated carbocycles. The van der Waals surface area contributed by atoms with Crippen LogP contribution in [-0.4, -0.2) is 12.8 Å². The zero-order valence-electron chi connectivity index (χ0n) is 9.91. The van der Waals surface area contributed by atoms with Crippen LogP contribution in [0.5, 0.6) is 5.75 Å². The Labute approximate surface area is 107 Å². The number of para-hydroxylation sites is 2. The molecular weight excluding hydrogens is 222 g/mol. The van der Waals surface area contributed by atoms with E-state index in [1.165, 1.54) is 0 Å². The number of ether oxygens (including phenoxy) is 1. The van der Waals surface area contributed by atoms with Gasteiger partial charge < -0.3 is 4.74 Å². The lowest BCUT2D eigenvalue weighted by Gasteiger charge is -2.04. The summed E-state index contributed by atoms with van der Waals surface area (Å²) in [5, 5.41) is 0. The van der Waals surface area contributed by atoms with E-state index < -0.39 is 0 Å². The highest BCUT2D eigenvalue weighted by Gasteiger charge is 1.99. The largest absolute Gasteiger partial charge is 0.479 e. The van der Waals surface area contributed by atoms with E-state index in [1.807, 2.05) is 54.6 Å². The predicted molar refractivity (Wildman–Crippen MR) is 74.5 cm³/mol. The lowest BCUT2D eigenvalue weighted by atomic mass is 10.2. The first kappa shape index (κ1) is 11.9. The first-order valence-corrected chi connectivity index (χ1v) is 5.64. The molecule has 88 valence electrons. The summed E-state index contributed by atoms with van der Waals surface area (Å²) in [5.74, 6) is 3.14. The van der Waals surface area contributed by atoms with E-state index in [9.17, 15) is 0 Å². The maximum absolute atomic E-state index is 5.42. The molecule has 0 spiro atoms. The first-order valence-electron chi connectivity index (χ1n) is 5.64. The number of hydrogen-bond acceptors (Lipinski definition) is 2. The summed E-state index contributed by atoms with van der Waals surface area (Å²) in [6, 6.07) is 17.5. The normalized spacial score (nSPS) is 10.2. The minimum atomic E-state index is 0.248. The number of terminal acetylenes is 1. The van der Waals surface area contributed by atoms with Gasteiger partial charge in [0.25, 0.3) is 0 Å². The van der Waals surface area contributed by atoms with Crippen molar-refractivity contribution in [3.05, 3.63) is 60.2 Å². The van der Waals surface area contributed by atoms with Gasteiger partial charge in [0.1, 0.15) is 18.0 Å². The molecule has 0 bridgehead atoms. The van der Waals surface area contributed by atoms with Gasteiger partial charge in [-0.15, -0.1) is 6.42 Å². The Morgan fingerprint density at radius 2 is 1.78 bits per heavy atom. The van der Waals surface area contributed by atoms with Gasteiger partial charge in [-0.3, -0.25) is 4.99 Å². The molecule has 0 amide bonds. The third-order valence-electron chi connectivity index (χ3n) is 2.33. The lowest BCUT2D eigenvalue weighted by molar-refractivity contribution is 0.372. The molecule has 2 nitrogen and oxygen atoms in total. The van der Waals surface area contributed by atoms with E-state index in [1.54, 1.807) is 6.21 Å². The molecule has 0 aliphatic heterocycles. The minimum Gasteiger partial charge on any atom is -0.479 e. The summed E-state index contributed by atoms with van der Waals surface area (Å²) in [7, 11) is 0. The fraction of sp³-hybridized carbons (Fsp3) is 0.0625. The highest BCUT2D eigenvalue weighted by Crippen LogP contribution is 2.26. The topological polar surface area (TPSA) is 21.6 Å². The van der Waals surface area contributed by atoms with Crippen LogP contribution in [0.3, 0.4) is 0 Å². The van der Waals surface area contributed by atoms with Crippen molar-refractivity contribution in [3.63, 3.8) is 0 Å². The van der Waals surface area contributed by atoms with Crippen LogP contribution in [0.1, 0.15) is 5.56 Å². The van der Waals surface area contributed by atoms with Crippen LogP contribution in [0.15, 0.2) is 59.6 Å². The standard InChI is InChI=1S/C16H13NO/c1-2-12-18-16-11-7-6-10-15(16)17-13-14-8-4-3-5-9-14/h1,3-11,13H,12H2. The Balaban J connectivity index is 2.19. The third kappa shape index (κ3) is 3.23. The van der Waals surface area contributed by atoms with E-state index in [0.29, 0.717) is 5.75 Å². The Morgan fingerprint density at radius 1 is 1.06 bits per heavy atom. The molecule has 0 radical (unpaired) electrons. The molecule has 0 aliphatic rings. The second-order valence-electron chi connectivity index (χ2n) is 3.63. The molecular formula is C16H13NO. The molecule has 2 aromatic rings. The number of aliphatic imine (C=N–C) groups is 1. The Hall–Kier alpha value is -2.53. The van der Waals surface area contributed by atoms with Crippen LogP contribution >= 0.6 is 0 Å². The van der Waals surface area contributed by atoms with E-state index in [4.69, 9.17) is 11.2 Å². The second-order valence-corrected chi connectivity index (χ2v) is 3.63. The van der Waals surface area contributed by atoms with Gasteiger partial charge in [0.2, 0.25) is 0 Å². The van der Waals surface area contributed by atoms with E-state index in [0.717, 1.165) is 11.3 Å². The van der Waals surface area contributed by atoms with Crippen molar-refractivity contribution in [3.8, 4) is 18.1 Å². The van der Waals surface area contributed by atoms with Gasteiger partial charge in [0, 0.05) is 6.21 Å². The van der Waals surface area contributed by atoms with Crippen LogP contribution in [0.25, 0.3) is 0 Å². The molecule has 0 aromatic heterocycles. The van der Waals surface area contributed by atoms with E-state index in [2.05, 4.69) is 10.9 Å². The maximum atomic E-state index is 5.42. The van der Waals surface area contributed by atoms with Crippen molar-refractivity contribution in [2.45, 2.75) is 0 Å². The number of hydrogen-bond donors (Lipinski definition) is 0. The Bertz CT molecular complexity index is 567. The van der Waals surface area contributed by atoms with Crippen LogP contribution in [0.2, 0.25) is 0 Å². The van der Waals surface area contributed by atoms with Gasteiger partial charge in [-0.2, -0.15) is 0 Å². The lowest BCUT2D eigenvalue weighted by Crippen LogP contribution is -1.93. The van der Waals surface area contributed by atoms with Crippen molar-refractivity contribution in [2.24, 2.45) is 4.99 Å². The van der Waals surface area contributed by atoms with Gasteiger partial charge >= 0.3 is 0 Å². The summed E-state index contributed by atoms with van der Waals surface area (Å²) in [6.07, 6.45) is 6.98. The monoisotopic (exact) mass is 235 g/mol. The molecule has 2 aromatic carbocycles. The SMILES string of the molecule is C#CCOc1ccccc1N=Cc1ccccc1. The number of benzene rings is 2. The smallest absolute Gasteiger partial charge is 0.148 e. The Kier molecular flexibility index (Phi) is 4.16. The van der Waals surface area contributed by atoms with Crippen LogP contribution in [0, 0.1) is 12.3 Å². The molecule has 0 saturated heterocycles. The van der Waals surface area contributed by atoms with E-state index in [-0.39, 0.29) is 6.61 Å². The molecule has 0 fully saturated rings. The minimum absolute atomic E-state index is 0.248. The average Bonchev–Trinajstić information content (AvgIpc) is 2.45. The Morgan fingerprint density at radius 3 is 2.56 bits per heavy atom. The van der Waals surface area contributed by atoms with Crippen LogP contribution < -0.4 is 4.74 Å². The molecule has 2 rings (SSSR count). The fourth-order valence-corrected chi connectivity index (χ4v) is 1.49. The summed E-state index contributed by atoms with van der Waals surface area (Å²) in [4.78, 5) is 4.41. The van der Waals surface area contributed by atoms with Crippen molar-refractivity contribution >= 4 is 11.9 Å². The van der Waals surface area contributed by atoms with Crippen molar-refractivity contribution in [2.75, 3.05) is 6.61 Å². The van der Waals surface area contributed by atoms with Gasteiger partial charge in [-0.05, 0) is 17.7 Å². The molecule has 18 heavy (non-hydrogen) atoms. The highest BCUT2D eigenvalue weighted by atomic mass is 16.5. The number of rotatable bonds is 4. The van der Waals surface area contributed by atoms with Crippen molar-refractivity contribution < 1.29 is 4.74 Å².